The third kappa shape index (κ3) is 4.89. The lowest BCUT2D eigenvalue weighted by atomic mass is 10.1. The second-order valence-electron chi connectivity index (χ2n) is 6.20. The molecule has 1 saturated carbocycles. The number of allylic oxidation sites excluding steroid dienone is 2. The van der Waals surface area contributed by atoms with E-state index in [2.05, 4.69) is 10.8 Å². The van der Waals surface area contributed by atoms with Gasteiger partial charge in [-0.05, 0) is 30.7 Å². The Labute approximate surface area is 137 Å². The molecule has 0 aromatic heterocycles. The van der Waals surface area contributed by atoms with Crippen LogP contribution >= 0.6 is 11.6 Å². The molecular weight excluding hydrogens is 298 g/mol. The van der Waals surface area contributed by atoms with Crippen LogP contribution in [0.15, 0.2) is 42.0 Å². The van der Waals surface area contributed by atoms with Gasteiger partial charge in [0.05, 0.1) is 5.92 Å². The average molecular weight is 320 g/mol. The molecule has 4 heteroatoms. The minimum Gasteiger partial charge on any atom is -0.351 e. The molecule has 2 unspecified atom stereocenters. The molecule has 0 heterocycles. The highest BCUT2D eigenvalue weighted by atomic mass is 35.5. The number of esters is 1. The Hall–Kier alpha value is -1.79. The number of benzene rings is 1. The highest BCUT2D eigenvalue weighted by molar-refractivity contribution is 6.17. The second-order valence-corrected chi connectivity index (χ2v) is 6.47. The number of carbonyl (C=O) groups is 1. The fourth-order valence-corrected chi connectivity index (χ4v) is 2.65. The monoisotopic (exact) mass is 319 g/mol. The maximum Gasteiger partial charge on any atom is 0.325 e. The van der Waals surface area contributed by atoms with Gasteiger partial charge in [0.2, 0.25) is 0 Å². The molecule has 1 aromatic rings. The zero-order valence-electron chi connectivity index (χ0n) is 13.5. The summed E-state index contributed by atoms with van der Waals surface area (Å²) in [5.74, 6) is 0.270. The fraction of sp³-hybridized carbons (Fsp3) is 0.444. The maximum absolute atomic E-state index is 11.3. The minimum absolute atomic E-state index is 0.0643. The lowest BCUT2D eigenvalue weighted by Gasteiger charge is -1.97. The van der Waals surface area contributed by atoms with Crippen LogP contribution in [0.5, 0.6) is 0 Å². The number of hydrogen-bond donors (Lipinski definition) is 0. The maximum atomic E-state index is 11.3. The van der Waals surface area contributed by atoms with Crippen molar-refractivity contribution >= 4 is 17.6 Å². The normalized spacial score (nSPS) is 20.7. The SMILES string of the molecule is CC(C)=CC1C(C(=O)OC#N)C1(C)C.ClCc1ccccc1. The van der Waals surface area contributed by atoms with E-state index in [4.69, 9.17) is 16.9 Å². The van der Waals surface area contributed by atoms with E-state index in [1.54, 1.807) is 0 Å². The summed E-state index contributed by atoms with van der Waals surface area (Å²) in [6.45, 7) is 8.03. The molecule has 0 radical (unpaired) electrons. The van der Waals surface area contributed by atoms with Gasteiger partial charge in [0, 0.05) is 5.88 Å². The molecule has 0 saturated heterocycles. The Morgan fingerprint density at radius 2 is 1.95 bits per heavy atom. The van der Waals surface area contributed by atoms with Crippen molar-refractivity contribution in [1.29, 1.82) is 5.26 Å². The highest BCUT2D eigenvalue weighted by Gasteiger charge is 2.61. The third-order valence-electron chi connectivity index (χ3n) is 3.82. The Morgan fingerprint density at radius 1 is 1.36 bits per heavy atom. The van der Waals surface area contributed by atoms with Gasteiger partial charge in [0.15, 0.2) is 0 Å². The van der Waals surface area contributed by atoms with Crippen LogP contribution in [0.3, 0.4) is 0 Å². The molecule has 1 aromatic carbocycles. The summed E-state index contributed by atoms with van der Waals surface area (Å²) in [6, 6.07) is 9.96. The fourth-order valence-electron chi connectivity index (χ4n) is 2.47. The van der Waals surface area contributed by atoms with Crippen molar-refractivity contribution in [2.45, 2.75) is 33.6 Å². The van der Waals surface area contributed by atoms with E-state index in [0.29, 0.717) is 5.88 Å². The molecule has 1 aliphatic carbocycles. The molecule has 22 heavy (non-hydrogen) atoms. The molecule has 2 atom stereocenters. The van der Waals surface area contributed by atoms with Crippen LogP contribution in [-0.2, 0) is 15.4 Å². The first-order valence-electron chi connectivity index (χ1n) is 7.19. The summed E-state index contributed by atoms with van der Waals surface area (Å²) < 4.78 is 4.35. The van der Waals surface area contributed by atoms with E-state index in [-0.39, 0.29) is 17.3 Å². The van der Waals surface area contributed by atoms with Gasteiger partial charge < -0.3 is 4.74 Å². The van der Waals surface area contributed by atoms with Crippen LogP contribution < -0.4 is 0 Å². The first-order chi connectivity index (χ1) is 10.3. The Morgan fingerprint density at radius 3 is 2.36 bits per heavy atom. The minimum atomic E-state index is -0.403. The quantitative estimate of drug-likeness (QED) is 0.352. The van der Waals surface area contributed by atoms with E-state index >= 15 is 0 Å². The lowest BCUT2D eigenvalue weighted by Crippen LogP contribution is -2.07. The zero-order chi connectivity index (χ0) is 16.8. The standard InChI is InChI=1S/C11H15NO2.C7H7Cl/c1-7(2)5-8-9(11(8,3)4)10(13)14-6-12;8-6-7-4-2-1-3-5-7/h5,8-9H,1-4H3;1-5H,6H2. The van der Waals surface area contributed by atoms with E-state index in [1.165, 1.54) is 17.4 Å². The van der Waals surface area contributed by atoms with Gasteiger partial charge in [-0.1, -0.05) is 55.8 Å². The number of nitriles is 1. The summed E-state index contributed by atoms with van der Waals surface area (Å²) in [7, 11) is 0. The van der Waals surface area contributed by atoms with Crippen LogP contribution in [0.1, 0.15) is 33.3 Å². The summed E-state index contributed by atoms with van der Waals surface area (Å²) in [6.07, 6.45) is 3.50. The first kappa shape index (κ1) is 18.3. The number of rotatable bonds is 3. The van der Waals surface area contributed by atoms with Gasteiger partial charge >= 0.3 is 5.97 Å². The molecule has 0 aliphatic heterocycles. The molecule has 1 fully saturated rings. The van der Waals surface area contributed by atoms with E-state index in [0.717, 1.165) is 0 Å². The van der Waals surface area contributed by atoms with Crippen molar-refractivity contribution in [2.24, 2.45) is 17.3 Å². The number of carbonyl (C=O) groups excluding carboxylic acids is 1. The topological polar surface area (TPSA) is 50.1 Å². The molecule has 3 nitrogen and oxygen atoms in total. The van der Waals surface area contributed by atoms with Crippen LogP contribution in [0, 0.1) is 28.8 Å². The van der Waals surface area contributed by atoms with Crippen LogP contribution in [0.25, 0.3) is 0 Å². The number of nitrogens with zero attached hydrogens (tertiary/aromatic N) is 1. The Balaban J connectivity index is 0.000000255. The van der Waals surface area contributed by atoms with Crippen molar-refractivity contribution in [1.82, 2.24) is 0 Å². The van der Waals surface area contributed by atoms with Crippen molar-refractivity contribution in [3.05, 3.63) is 47.5 Å². The molecule has 118 valence electrons. The predicted molar refractivity (Wildman–Crippen MR) is 87.9 cm³/mol. The predicted octanol–water partition coefficient (Wildman–Crippen LogP) is 4.67. The molecule has 0 spiro atoms. The molecule has 2 rings (SSSR count). The summed E-state index contributed by atoms with van der Waals surface area (Å²) in [5, 5.41) is 8.24. The summed E-state index contributed by atoms with van der Waals surface area (Å²) in [4.78, 5) is 11.3. The van der Waals surface area contributed by atoms with Gasteiger partial charge in [-0.3, -0.25) is 4.79 Å². The van der Waals surface area contributed by atoms with Crippen molar-refractivity contribution in [3.8, 4) is 6.26 Å². The van der Waals surface area contributed by atoms with Crippen LogP contribution in [0.2, 0.25) is 0 Å². The molecule has 1 aliphatic rings. The van der Waals surface area contributed by atoms with E-state index in [1.807, 2.05) is 58.0 Å². The van der Waals surface area contributed by atoms with Gasteiger partial charge in [-0.15, -0.1) is 16.9 Å². The number of hydrogen-bond acceptors (Lipinski definition) is 3. The number of halogens is 1. The Bertz CT molecular complexity index is 568. The largest absolute Gasteiger partial charge is 0.351 e. The van der Waals surface area contributed by atoms with Crippen molar-refractivity contribution in [3.63, 3.8) is 0 Å². The lowest BCUT2D eigenvalue weighted by molar-refractivity contribution is -0.139. The highest BCUT2D eigenvalue weighted by Crippen LogP contribution is 2.59. The van der Waals surface area contributed by atoms with Crippen molar-refractivity contribution < 1.29 is 9.53 Å². The molecule has 0 N–H and O–H groups in total. The second kappa shape index (κ2) is 8.00. The third-order valence-corrected chi connectivity index (χ3v) is 4.13. The zero-order valence-corrected chi connectivity index (χ0v) is 14.2. The number of alkyl halides is 1. The molecular formula is C18H22ClNO2. The first-order valence-corrected chi connectivity index (χ1v) is 7.72. The summed E-state index contributed by atoms with van der Waals surface area (Å²) in [5.41, 5.74) is 2.30. The van der Waals surface area contributed by atoms with Gasteiger partial charge in [0.25, 0.3) is 6.26 Å². The summed E-state index contributed by atoms with van der Waals surface area (Å²) >= 11 is 5.53. The van der Waals surface area contributed by atoms with E-state index in [9.17, 15) is 4.79 Å². The average Bonchev–Trinajstić information content (AvgIpc) is 3.01. The van der Waals surface area contributed by atoms with Crippen molar-refractivity contribution in [2.75, 3.05) is 0 Å². The van der Waals surface area contributed by atoms with E-state index < -0.39 is 5.97 Å². The van der Waals surface area contributed by atoms with Crippen LogP contribution in [0.4, 0.5) is 0 Å². The smallest absolute Gasteiger partial charge is 0.325 e. The van der Waals surface area contributed by atoms with Gasteiger partial charge in [0.1, 0.15) is 0 Å². The molecule has 0 amide bonds. The Kier molecular flexibility index (Phi) is 6.64. The number of ether oxygens (including phenoxy) is 1. The van der Waals surface area contributed by atoms with Gasteiger partial charge in [-0.2, -0.15) is 0 Å². The van der Waals surface area contributed by atoms with Gasteiger partial charge in [-0.25, -0.2) is 0 Å². The molecule has 0 bridgehead atoms. The van der Waals surface area contributed by atoms with Crippen LogP contribution in [-0.4, -0.2) is 5.97 Å².